The molecule has 2 heteroatoms. The summed E-state index contributed by atoms with van der Waals surface area (Å²) in [5.74, 6) is 2.25. The van der Waals surface area contributed by atoms with Gasteiger partial charge in [-0.15, -0.1) is 0 Å². The van der Waals surface area contributed by atoms with Gasteiger partial charge in [0.2, 0.25) is 0 Å². The molecular formula is C12H15NS. The molecule has 1 aromatic rings. The fourth-order valence-electron chi connectivity index (χ4n) is 1.10. The zero-order chi connectivity index (χ0) is 10.1. The van der Waals surface area contributed by atoms with E-state index < -0.39 is 0 Å². The van der Waals surface area contributed by atoms with Crippen molar-refractivity contribution >= 4 is 11.8 Å². The van der Waals surface area contributed by atoms with Crippen LogP contribution in [0.5, 0.6) is 0 Å². The minimum atomic E-state index is 0.915. The average Bonchev–Trinajstić information content (AvgIpc) is 2.25. The van der Waals surface area contributed by atoms with Crippen LogP contribution < -0.4 is 5.32 Å². The summed E-state index contributed by atoms with van der Waals surface area (Å²) in [6, 6.07) is 12.9. The van der Waals surface area contributed by atoms with Gasteiger partial charge < -0.3 is 5.32 Å². The first kappa shape index (κ1) is 11.0. The lowest BCUT2D eigenvalue weighted by molar-refractivity contribution is 0.837. The van der Waals surface area contributed by atoms with E-state index in [1.807, 2.05) is 17.8 Å². The third-order valence-corrected chi connectivity index (χ3v) is 2.92. The number of nitrogens with one attached hydrogen (secondary N) is 1. The molecule has 0 aliphatic carbocycles. The van der Waals surface area contributed by atoms with E-state index in [-0.39, 0.29) is 0 Å². The normalized spacial score (nSPS) is 9.36. The molecule has 0 heterocycles. The first-order valence-electron chi connectivity index (χ1n) is 4.73. The number of terminal acetylenes is 1. The van der Waals surface area contributed by atoms with Crippen molar-refractivity contribution < 1.29 is 0 Å². The van der Waals surface area contributed by atoms with Crippen LogP contribution >= 0.6 is 11.8 Å². The van der Waals surface area contributed by atoms with Gasteiger partial charge in [0, 0.05) is 18.3 Å². The Morgan fingerprint density at radius 1 is 1.29 bits per heavy atom. The maximum Gasteiger partial charge on any atom is 0.0237 e. The second-order valence-electron chi connectivity index (χ2n) is 2.96. The summed E-state index contributed by atoms with van der Waals surface area (Å²) in [7, 11) is 0. The smallest absolute Gasteiger partial charge is 0.0237 e. The van der Waals surface area contributed by atoms with E-state index in [0.29, 0.717) is 0 Å². The second-order valence-corrected chi connectivity index (χ2v) is 4.07. The largest absolute Gasteiger partial charge is 0.346 e. The Hall–Kier alpha value is -1.07. The van der Waals surface area contributed by atoms with E-state index in [1.165, 1.54) is 5.56 Å². The quantitative estimate of drug-likeness (QED) is 0.435. The van der Waals surface area contributed by atoms with Gasteiger partial charge in [-0.05, 0) is 17.7 Å². The summed E-state index contributed by atoms with van der Waals surface area (Å²) in [6.07, 6.45) is 6.19. The van der Waals surface area contributed by atoms with Crippen molar-refractivity contribution in [1.29, 1.82) is 0 Å². The molecule has 0 aliphatic heterocycles. The van der Waals surface area contributed by atoms with Crippen molar-refractivity contribution in [1.82, 2.24) is 5.32 Å². The topological polar surface area (TPSA) is 12.0 Å². The Morgan fingerprint density at radius 3 is 2.79 bits per heavy atom. The predicted molar refractivity (Wildman–Crippen MR) is 64.1 cm³/mol. The van der Waals surface area contributed by atoms with Crippen LogP contribution in [-0.2, 0) is 5.75 Å². The highest BCUT2D eigenvalue weighted by molar-refractivity contribution is 7.98. The Labute approximate surface area is 90.3 Å². The minimum Gasteiger partial charge on any atom is -0.346 e. The van der Waals surface area contributed by atoms with Crippen LogP contribution in [0, 0.1) is 12.5 Å². The molecule has 0 saturated heterocycles. The number of hydrogen-bond donors (Lipinski definition) is 1. The van der Waals surface area contributed by atoms with E-state index in [0.717, 1.165) is 24.5 Å². The summed E-state index contributed by atoms with van der Waals surface area (Å²) >= 11 is 1.95. The predicted octanol–water partition coefficient (Wildman–Crippen LogP) is 2.49. The minimum absolute atomic E-state index is 0.915. The zero-order valence-electron chi connectivity index (χ0n) is 8.20. The molecule has 0 aliphatic rings. The molecule has 0 amide bonds. The van der Waals surface area contributed by atoms with Gasteiger partial charge in [-0.25, -0.2) is 0 Å². The molecule has 0 spiro atoms. The van der Waals surface area contributed by atoms with Gasteiger partial charge in [0.15, 0.2) is 0 Å². The fraction of sp³-hybridized carbons (Fsp3) is 0.333. The zero-order valence-corrected chi connectivity index (χ0v) is 9.02. The molecule has 0 aromatic heterocycles. The van der Waals surface area contributed by atoms with E-state index >= 15 is 0 Å². The fourth-order valence-corrected chi connectivity index (χ4v) is 2.02. The summed E-state index contributed by atoms with van der Waals surface area (Å²) < 4.78 is 0. The second kappa shape index (κ2) is 7.34. The van der Waals surface area contributed by atoms with Crippen molar-refractivity contribution in [3.05, 3.63) is 35.9 Å². The van der Waals surface area contributed by atoms with Gasteiger partial charge in [0.05, 0.1) is 0 Å². The van der Waals surface area contributed by atoms with Crippen LogP contribution in [0.1, 0.15) is 12.0 Å². The van der Waals surface area contributed by atoms with Crippen molar-refractivity contribution in [2.75, 3.05) is 12.3 Å². The van der Waals surface area contributed by atoms with Crippen molar-refractivity contribution in [3.8, 4) is 12.5 Å². The molecule has 1 nitrogen and oxygen atoms in total. The molecule has 14 heavy (non-hydrogen) atoms. The van der Waals surface area contributed by atoms with Gasteiger partial charge in [-0.3, -0.25) is 0 Å². The summed E-state index contributed by atoms with van der Waals surface area (Å²) in [5, 5.41) is 2.86. The van der Waals surface area contributed by atoms with Gasteiger partial charge in [0.25, 0.3) is 0 Å². The van der Waals surface area contributed by atoms with Crippen molar-refractivity contribution in [3.63, 3.8) is 0 Å². The Bertz CT molecular complexity index is 276. The van der Waals surface area contributed by atoms with Crippen molar-refractivity contribution in [2.24, 2.45) is 0 Å². The Morgan fingerprint density at radius 2 is 2.07 bits per heavy atom. The van der Waals surface area contributed by atoms with Crippen LogP contribution in [0.4, 0.5) is 0 Å². The number of thioether (sulfide) groups is 1. The first-order valence-corrected chi connectivity index (χ1v) is 5.89. The lowest BCUT2D eigenvalue weighted by Crippen LogP contribution is -2.07. The number of hydrogen-bond acceptors (Lipinski definition) is 2. The standard InChI is InChI=1S/C12H15NS/c1-2-13-9-6-10-14-11-12-7-4-3-5-8-12/h1,3-5,7-8,13H,6,9-11H2. The maximum absolute atomic E-state index is 5.07. The molecule has 0 bridgehead atoms. The van der Waals surface area contributed by atoms with E-state index in [9.17, 15) is 0 Å². The van der Waals surface area contributed by atoms with Crippen LogP contribution in [0.25, 0.3) is 0 Å². The molecule has 1 N–H and O–H groups in total. The summed E-state index contributed by atoms with van der Waals surface area (Å²) in [6.45, 7) is 0.915. The van der Waals surface area contributed by atoms with Gasteiger partial charge in [-0.1, -0.05) is 36.8 Å². The lowest BCUT2D eigenvalue weighted by Gasteiger charge is -2.01. The SMILES string of the molecule is C#CNCCCSCc1ccccc1. The highest BCUT2D eigenvalue weighted by Gasteiger charge is 1.91. The van der Waals surface area contributed by atoms with Gasteiger partial charge >= 0.3 is 0 Å². The summed E-state index contributed by atoms with van der Waals surface area (Å²) in [4.78, 5) is 0. The third-order valence-electron chi connectivity index (χ3n) is 1.80. The molecule has 0 atom stereocenters. The van der Waals surface area contributed by atoms with Gasteiger partial charge in [-0.2, -0.15) is 11.8 Å². The molecule has 74 valence electrons. The third kappa shape index (κ3) is 4.84. The average molecular weight is 205 g/mol. The van der Waals surface area contributed by atoms with Crippen LogP contribution in [-0.4, -0.2) is 12.3 Å². The molecule has 0 fully saturated rings. The monoisotopic (exact) mass is 205 g/mol. The van der Waals surface area contributed by atoms with E-state index in [4.69, 9.17) is 6.42 Å². The van der Waals surface area contributed by atoms with Crippen LogP contribution in [0.3, 0.4) is 0 Å². The first-order chi connectivity index (χ1) is 6.93. The number of rotatable bonds is 6. The van der Waals surface area contributed by atoms with Crippen LogP contribution in [0.15, 0.2) is 30.3 Å². The van der Waals surface area contributed by atoms with E-state index in [2.05, 4.69) is 35.6 Å². The molecule has 1 aromatic carbocycles. The van der Waals surface area contributed by atoms with Crippen molar-refractivity contribution in [2.45, 2.75) is 12.2 Å². The Kier molecular flexibility index (Phi) is 5.77. The highest BCUT2D eigenvalue weighted by Crippen LogP contribution is 2.11. The van der Waals surface area contributed by atoms with Gasteiger partial charge in [0.1, 0.15) is 0 Å². The highest BCUT2D eigenvalue weighted by atomic mass is 32.2. The van der Waals surface area contributed by atoms with Crippen LogP contribution in [0.2, 0.25) is 0 Å². The molecular weight excluding hydrogens is 190 g/mol. The molecule has 0 saturated carbocycles. The number of benzene rings is 1. The molecule has 0 radical (unpaired) electrons. The van der Waals surface area contributed by atoms with E-state index in [1.54, 1.807) is 0 Å². The maximum atomic E-state index is 5.07. The molecule has 1 rings (SSSR count). The summed E-state index contributed by atoms with van der Waals surface area (Å²) in [5.41, 5.74) is 1.39. The lowest BCUT2D eigenvalue weighted by atomic mass is 10.2. The Balaban J connectivity index is 2.03. The molecule has 0 unspecified atom stereocenters.